The van der Waals surface area contributed by atoms with Crippen molar-refractivity contribution in [3.8, 4) is 0 Å². The van der Waals surface area contributed by atoms with Crippen LogP contribution < -0.4 is 11.1 Å². The number of hydrogen-bond acceptors (Lipinski definition) is 6. The normalized spacial score (nSPS) is 10.4. The van der Waals surface area contributed by atoms with Crippen LogP contribution in [0.15, 0.2) is 12.3 Å². The molecular weight excluding hydrogens is 320 g/mol. The summed E-state index contributed by atoms with van der Waals surface area (Å²) in [4.78, 5) is 36.0. The topological polar surface area (TPSA) is 116 Å². The lowest BCUT2D eigenvalue weighted by molar-refractivity contribution is 0.0601. The zero-order valence-corrected chi connectivity index (χ0v) is 13.7. The average molecular weight is 336 g/mol. The number of carbonyl (C=O) groups excluding carboxylic acids is 3. The predicted octanol–water partition coefficient (Wildman–Crippen LogP) is 1.41. The summed E-state index contributed by atoms with van der Waals surface area (Å²) in [6, 6.07) is 1.56. The van der Waals surface area contributed by atoms with Crippen molar-refractivity contribution in [1.82, 2.24) is 9.78 Å². The molecular formula is C14H16N4O4S. The maximum atomic E-state index is 12.4. The van der Waals surface area contributed by atoms with Crippen molar-refractivity contribution in [2.45, 2.75) is 20.4 Å². The number of rotatable bonds is 5. The molecule has 0 radical (unpaired) electrons. The van der Waals surface area contributed by atoms with Gasteiger partial charge < -0.3 is 15.8 Å². The monoisotopic (exact) mass is 336 g/mol. The molecule has 0 saturated carbocycles. The van der Waals surface area contributed by atoms with Gasteiger partial charge in [-0.2, -0.15) is 5.10 Å². The number of nitrogens with two attached hydrogens (primary N) is 1. The Bertz CT molecular complexity index is 778. The lowest BCUT2D eigenvalue weighted by Crippen LogP contribution is -2.18. The summed E-state index contributed by atoms with van der Waals surface area (Å²) in [5.41, 5.74) is 6.15. The molecule has 0 fully saturated rings. The highest BCUT2D eigenvalue weighted by atomic mass is 32.1. The first kappa shape index (κ1) is 16.7. The number of esters is 1. The van der Waals surface area contributed by atoms with E-state index in [1.165, 1.54) is 18.0 Å². The van der Waals surface area contributed by atoms with Gasteiger partial charge in [-0.25, -0.2) is 4.79 Å². The van der Waals surface area contributed by atoms with Gasteiger partial charge in [-0.05, 0) is 25.5 Å². The van der Waals surface area contributed by atoms with Gasteiger partial charge in [0.05, 0.1) is 17.6 Å². The molecule has 2 rings (SSSR count). The second-order valence-corrected chi connectivity index (χ2v) is 5.62. The molecule has 2 aromatic heterocycles. The molecule has 2 amide bonds. The maximum absolute atomic E-state index is 12.4. The van der Waals surface area contributed by atoms with Crippen LogP contribution >= 0.6 is 11.3 Å². The molecule has 0 bridgehead atoms. The number of hydrogen-bond donors (Lipinski definition) is 2. The van der Waals surface area contributed by atoms with E-state index in [4.69, 9.17) is 10.5 Å². The number of primary amides is 1. The summed E-state index contributed by atoms with van der Waals surface area (Å²) in [6.45, 7) is 3.95. The maximum Gasteiger partial charge on any atom is 0.341 e. The lowest BCUT2D eigenvalue weighted by atomic mass is 10.1. The number of anilines is 1. The third-order valence-electron chi connectivity index (χ3n) is 3.24. The van der Waals surface area contributed by atoms with E-state index in [-0.39, 0.29) is 15.4 Å². The molecule has 0 aromatic carbocycles. The summed E-state index contributed by atoms with van der Waals surface area (Å²) in [6.07, 6.45) is 1.51. The van der Waals surface area contributed by atoms with Crippen LogP contribution in [0.25, 0.3) is 0 Å². The van der Waals surface area contributed by atoms with Crippen molar-refractivity contribution in [2.75, 3.05) is 12.4 Å². The average Bonchev–Trinajstić information content (AvgIpc) is 3.11. The quantitative estimate of drug-likeness (QED) is 0.801. The molecule has 0 unspecified atom stereocenters. The van der Waals surface area contributed by atoms with Gasteiger partial charge in [-0.3, -0.25) is 14.3 Å². The molecule has 23 heavy (non-hydrogen) atoms. The van der Waals surface area contributed by atoms with Gasteiger partial charge in [-0.15, -0.1) is 11.3 Å². The predicted molar refractivity (Wildman–Crippen MR) is 84.8 cm³/mol. The van der Waals surface area contributed by atoms with E-state index >= 15 is 0 Å². The van der Waals surface area contributed by atoms with Crippen LogP contribution in [0.3, 0.4) is 0 Å². The van der Waals surface area contributed by atoms with E-state index in [2.05, 4.69) is 10.4 Å². The van der Waals surface area contributed by atoms with Crippen LogP contribution in [0, 0.1) is 6.92 Å². The Kier molecular flexibility index (Phi) is 4.80. The summed E-state index contributed by atoms with van der Waals surface area (Å²) in [7, 11) is 1.22. The number of aryl methyl sites for hydroxylation is 1. The van der Waals surface area contributed by atoms with Crippen LogP contribution in [-0.2, 0) is 11.3 Å². The fourth-order valence-electron chi connectivity index (χ4n) is 2.13. The summed E-state index contributed by atoms with van der Waals surface area (Å²) in [5, 5.41) is 6.86. The minimum absolute atomic E-state index is 0.127. The fraction of sp³-hybridized carbons (Fsp3) is 0.286. The van der Waals surface area contributed by atoms with Gasteiger partial charge in [0.25, 0.3) is 11.8 Å². The number of thiophene rings is 1. The fourth-order valence-corrected chi connectivity index (χ4v) is 3.17. The highest BCUT2D eigenvalue weighted by Crippen LogP contribution is 2.33. The molecule has 2 aromatic rings. The van der Waals surface area contributed by atoms with Crippen molar-refractivity contribution in [3.05, 3.63) is 34.0 Å². The molecule has 9 heteroatoms. The Hall–Kier alpha value is -2.68. The molecule has 0 saturated heterocycles. The van der Waals surface area contributed by atoms with E-state index < -0.39 is 17.8 Å². The van der Waals surface area contributed by atoms with Crippen molar-refractivity contribution in [1.29, 1.82) is 0 Å². The zero-order valence-electron chi connectivity index (χ0n) is 12.9. The SMILES string of the molecule is CCn1nccc1C(=O)Nc1sc(C(N)=O)c(C)c1C(=O)OC. The lowest BCUT2D eigenvalue weighted by Gasteiger charge is -2.07. The zero-order chi connectivity index (χ0) is 17.1. The number of carbonyl (C=O) groups is 3. The first-order valence-corrected chi connectivity index (χ1v) is 7.57. The summed E-state index contributed by atoms with van der Waals surface area (Å²) >= 11 is 0.940. The smallest absolute Gasteiger partial charge is 0.341 e. The molecule has 0 aliphatic rings. The van der Waals surface area contributed by atoms with Gasteiger partial charge in [0.15, 0.2) is 0 Å². The number of aromatic nitrogens is 2. The highest BCUT2D eigenvalue weighted by molar-refractivity contribution is 7.18. The third-order valence-corrected chi connectivity index (χ3v) is 4.46. The van der Waals surface area contributed by atoms with E-state index in [0.29, 0.717) is 17.8 Å². The Morgan fingerprint density at radius 1 is 1.43 bits per heavy atom. The molecule has 122 valence electrons. The minimum atomic E-state index is -0.670. The van der Waals surface area contributed by atoms with E-state index in [0.717, 1.165) is 11.3 Å². The summed E-state index contributed by atoms with van der Waals surface area (Å²) in [5.74, 6) is -1.76. The number of nitrogens with zero attached hydrogens (tertiary/aromatic N) is 2. The van der Waals surface area contributed by atoms with Crippen molar-refractivity contribution >= 4 is 34.1 Å². The second-order valence-electron chi connectivity index (χ2n) is 4.60. The minimum Gasteiger partial charge on any atom is -0.465 e. The molecule has 2 heterocycles. The van der Waals surface area contributed by atoms with E-state index in [1.54, 1.807) is 13.0 Å². The standard InChI is InChI=1S/C14H16N4O4S/c1-4-18-8(5-6-16-18)12(20)17-13-9(14(21)22-3)7(2)10(23-13)11(15)19/h5-6H,4H2,1-3H3,(H2,15,19)(H,17,20). The first-order chi connectivity index (χ1) is 10.9. The van der Waals surface area contributed by atoms with Crippen molar-refractivity contribution in [2.24, 2.45) is 5.73 Å². The number of nitrogens with one attached hydrogen (secondary N) is 1. The highest BCUT2D eigenvalue weighted by Gasteiger charge is 2.26. The molecule has 8 nitrogen and oxygen atoms in total. The van der Waals surface area contributed by atoms with E-state index in [1.807, 2.05) is 6.92 Å². The Labute approximate surface area is 136 Å². The Morgan fingerprint density at radius 2 is 2.13 bits per heavy atom. The molecule has 0 aliphatic heterocycles. The van der Waals surface area contributed by atoms with Gasteiger partial charge in [-0.1, -0.05) is 0 Å². The van der Waals surface area contributed by atoms with Crippen LogP contribution in [-0.4, -0.2) is 34.7 Å². The molecule has 0 atom stereocenters. The molecule has 0 aliphatic carbocycles. The van der Waals surface area contributed by atoms with Gasteiger partial charge >= 0.3 is 5.97 Å². The van der Waals surface area contributed by atoms with Crippen molar-refractivity contribution in [3.63, 3.8) is 0 Å². The van der Waals surface area contributed by atoms with Crippen LogP contribution in [0.2, 0.25) is 0 Å². The number of methoxy groups -OCH3 is 1. The second kappa shape index (κ2) is 6.61. The first-order valence-electron chi connectivity index (χ1n) is 6.75. The largest absolute Gasteiger partial charge is 0.465 e. The molecule has 3 N–H and O–H groups in total. The van der Waals surface area contributed by atoms with E-state index in [9.17, 15) is 14.4 Å². The van der Waals surface area contributed by atoms with Crippen LogP contribution in [0.5, 0.6) is 0 Å². The van der Waals surface area contributed by atoms with Crippen LogP contribution in [0.1, 0.15) is 43.0 Å². The molecule has 0 spiro atoms. The third kappa shape index (κ3) is 3.09. The Morgan fingerprint density at radius 3 is 2.70 bits per heavy atom. The van der Waals surface area contributed by atoms with Crippen molar-refractivity contribution < 1.29 is 19.1 Å². The summed E-state index contributed by atoms with van der Waals surface area (Å²) < 4.78 is 6.23. The van der Waals surface area contributed by atoms with Gasteiger partial charge in [0.2, 0.25) is 0 Å². The Balaban J connectivity index is 2.43. The number of ether oxygens (including phenoxy) is 1. The van der Waals surface area contributed by atoms with Gasteiger partial charge in [0.1, 0.15) is 10.7 Å². The number of amides is 2. The van der Waals surface area contributed by atoms with Gasteiger partial charge in [0, 0.05) is 12.7 Å². The van der Waals surface area contributed by atoms with Crippen LogP contribution in [0.4, 0.5) is 5.00 Å².